The maximum Gasteiger partial charge on any atom is 0.358 e. The number of aromatic nitrogens is 3. The Hall–Kier alpha value is -1.61. The van der Waals surface area contributed by atoms with E-state index >= 15 is 0 Å². The molecular formula is C11H16F2N4O3. The van der Waals surface area contributed by atoms with E-state index in [4.69, 9.17) is 9.84 Å². The molecule has 1 fully saturated rings. The predicted molar refractivity (Wildman–Crippen MR) is 63.8 cm³/mol. The van der Waals surface area contributed by atoms with Crippen LogP contribution >= 0.6 is 0 Å². The fourth-order valence-corrected chi connectivity index (χ4v) is 2.19. The van der Waals surface area contributed by atoms with Crippen molar-refractivity contribution < 1.29 is 23.4 Å². The number of rotatable bonds is 5. The first kappa shape index (κ1) is 14.8. The van der Waals surface area contributed by atoms with Crippen LogP contribution in [0.2, 0.25) is 0 Å². The van der Waals surface area contributed by atoms with E-state index in [0.717, 1.165) is 17.8 Å². The summed E-state index contributed by atoms with van der Waals surface area (Å²) >= 11 is 0. The van der Waals surface area contributed by atoms with Crippen LogP contribution in [0.1, 0.15) is 29.5 Å². The summed E-state index contributed by atoms with van der Waals surface area (Å²) in [6.07, 6.45) is -3.24. The summed E-state index contributed by atoms with van der Waals surface area (Å²) in [6.45, 7) is 4.83. The lowest BCUT2D eigenvalue weighted by atomic mass is 10.2. The fraction of sp³-hybridized carbons (Fsp3) is 0.727. The molecule has 1 N–H and O–H groups in total. The molecule has 1 aromatic heterocycles. The molecule has 0 saturated carbocycles. The van der Waals surface area contributed by atoms with Crippen molar-refractivity contribution in [3.63, 3.8) is 0 Å². The zero-order chi connectivity index (χ0) is 14.7. The first-order valence-electron chi connectivity index (χ1n) is 6.31. The van der Waals surface area contributed by atoms with Crippen LogP contribution in [-0.2, 0) is 11.3 Å². The lowest BCUT2D eigenvalue weighted by Crippen LogP contribution is -2.44. The number of hydrogen-bond acceptors (Lipinski definition) is 5. The number of carboxylic acid groups (broad SMARTS) is 1. The van der Waals surface area contributed by atoms with Gasteiger partial charge in [0.05, 0.1) is 19.3 Å². The molecule has 20 heavy (non-hydrogen) atoms. The van der Waals surface area contributed by atoms with E-state index in [-0.39, 0.29) is 12.6 Å². The van der Waals surface area contributed by atoms with Crippen molar-refractivity contribution >= 4 is 5.97 Å². The molecule has 9 heteroatoms. The topological polar surface area (TPSA) is 80.5 Å². The van der Waals surface area contributed by atoms with Crippen LogP contribution < -0.4 is 0 Å². The SMILES string of the molecule is CCN1CCOC(Cn2nnc(C(=O)O)c2C(F)F)C1. The van der Waals surface area contributed by atoms with E-state index in [2.05, 4.69) is 15.2 Å². The molecule has 112 valence electrons. The van der Waals surface area contributed by atoms with Crippen molar-refractivity contribution in [1.29, 1.82) is 0 Å². The number of nitrogens with zero attached hydrogens (tertiary/aromatic N) is 4. The van der Waals surface area contributed by atoms with E-state index in [1.54, 1.807) is 0 Å². The molecule has 0 spiro atoms. The highest BCUT2D eigenvalue weighted by atomic mass is 19.3. The van der Waals surface area contributed by atoms with Crippen LogP contribution in [0.15, 0.2) is 0 Å². The zero-order valence-electron chi connectivity index (χ0n) is 11.0. The number of carbonyl (C=O) groups is 1. The van der Waals surface area contributed by atoms with E-state index in [9.17, 15) is 13.6 Å². The number of halogens is 2. The fourth-order valence-electron chi connectivity index (χ4n) is 2.19. The Bertz CT molecular complexity index is 480. The number of alkyl halides is 2. The van der Waals surface area contributed by atoms with Crippen molar-refractivity contribution in [2.24, 2.45) is 0 Å². The van der Waals surface area contributed by atoms with Gasteiger partial charge in [-0.15, -0.1) is 5.10 Å². The third kappa shape index (κ3) is 3.10. The van der Waals surface area contributed by atoms with E-state index < -0.39 is 23.8 Å². The standard InChI is InChI=1S/C11H16F2N4O3/c1-2-16-3-4-20-7(5-16)6-17-9(10(12)13)8(11(18)19)14-15-17/h7,10H,2-6H2,1H3,(H,18,19). The molecule has 1 aliphatic heterocycles. The minimum Gasteiger partial charge on any atom is -0.476 e. The Morgan fingerprint density at radius 2 is 2.35 bits per heavy atom. The van der Waals surface area contributed by atoms with Crippen LogP contribution in [0.4, 0.5) is 8.78 Å². The lowest BCUT2D eigenvalue weighted by Gasteiger charge is -2.32. The Kier molecular flexibility index (Phi) is 4.61. The highest BCUT2D eigenvalue weighted by Gasteiger charge is 2.28. The van der Waals surface area contributed by atoms with Gasteiger partial charge >= 0.3 is 5.97 Å². The second-order valence-electron chi connectivity index (χ2n) is 4.50. The average molecular weight is 290 g/mol. The smallest absolute Gasteiger partial charge is 0.358 e. The van der Waals surface area contributed by atoms with Crippen LogP contribution in [0.25, 0.3) is 0 Å². The minimum absolute atomic E-state index is 0.0659. The van der Waals surface area contributed by atoms with Crippen molar-refractivity contribution in [2.75, 3.05) is 26.2 Å². The Morgan fingerprint density at radius 1 is 1.60 bits per heavy atom. The summed E-state index contributed by atoms with van der Waals surface area (Å²) in [5, 5.41) is 15.6. The molecule has 0 aliphatic carbocycles. The van der Waals surface area contributed by atoms with Gasteiger partial charge < -0.3 is 9.84 Å². The molecule has 1 aliphatic rings. The largest absolute Gasteiger partial charge is 0.476 e. The third-order valence-corrected chi connectivity index (χ3v) is 3.23. The Morgan fingerprint density at radius 3 is 2.95 bits per heavy atom. The molecular weight excluding hydrogens is 274 g/mol. The van der Waals surface area contributed by atoms with Gasteiger partial charge in [0.25, 0.3) is 6.43 Å². The van der Waals surface area contributed by atoms with E-state index in [1.165, 1.54) is 0 Å². The quantitative estimate of drug-likeness (QED) is 0.857. The van der Waals surface area contributed by atoms with Gasteiger partial charge in [-0.25, -0.2) is 18.3 Å². The third-order valence-electron chi connectivity index (χ3n) is 3.23. The van der Waals surface area contributed by atoms with Crippen molar-refractivity contribution in [1.82, 2.24) is 19.9 Å². The van der Waals surface area contributed by atoms with Crippen LogP contribution in [0.5, 0.6) is 0 Å². The number of hydrogen-bond donors (Lipinski definition) is 1. The van der Waals surface area contributed by atoms with Gasteiger partial charge in [-0.2, -0.15) is 0 Å². The number of carboxylic acids is 1. The molecule has 2 rings (SSSR count). The molecule has 0 aromatic carbocycles. The lowest BCUT2D eigenvalue weighted by molar-refractivity contribution is -0.0373. The molecule has 0 radical (unpaired) electrons. The van der Waals surface area contributed by atoms with E-state index in [1.807, 2.05) is 6.92 Å². The van der Waals surface area contributed by atoms with Crippen molar-refractivity contribution in [3.8, 4) is 0 Å². The van der Waals surface area contributed by atoms with Crippen LogP contribution in [-0.4, -0.2) is 63.3 Å². The van der Waals surface area contributed by atoms with Gasteiger partial charge in [0.1, 0.15) is 5.69 Å². The molecule has 2 heterocycles. The van der Waals surface area contributed by atoms with Gasteiger partial charge in [-0.3, -0.25) is 4.90 Å². The van der Waals surface area contributed by atoms with Crippen LogP contribution in [0, 0.1) is 0 Å². The Balaban J connectivity index is 2.15. The molecule has 0 amide bonds. The van der Waals surface area contributed by atoms with E-state index in [0.29, 0.717) is 13.2 Å². The summed E-state index contributed by atoms with van der Waals surface area (Å²) in [5.74, 6) is -1.51. The molecule has 7 nitrogen and oxygen atoms in total. The van der Waals surface area contributed by atoms with Gasteiger partial charge in [-0.1, -0.05) is 12.1 Å². The average Bonchev–Trinajstić information content (AvgIpc) is 2.83. The maximum atomic E-state index is 13.0. The second-order valence-corrected chi connectivity index (χ2v) is 4.50. The number of likely N-dealkylation sites (N-methyl/N-ethyl adjacent to an activating group) is 1. The summed E-state index contributed by atoms with van der Waals surface area (Å²) in [4.78, 5) is 13.0. The Labute approximate surface area is 114 Å². The summed E-state index contributed by atoms with van der Waals surface area (Å²) in [5.41, 5.74) is -1.38. The maximum absolute atomic E-state index is 13.0. The zero-order valence-corrected chi connectivity index (χ0v) is 11.0. The minimum atomic E-state index is -2.94. The van der Waals surface area contributed by atoms with Gasteiger partial charge in [0.2, 0.25) is 0 Å². The second kappa shape index (κ2) is 6.23. The normalized spacial score (nSPS) is 20.5. The summed E-state index contributed by atoms with van der Waals surface area (Å²) in [7, 11) is 0. The van der Waals surface area contributed by atoms with Gasteiger partial charge in [0, 0.05) is 13.1 Å². The predicted octanol–water partition coefficient (Wildman–Crippen LogP) is 0.635. The molecule has 1 unspecified atom stereocenters. The molecule has 1 aromatic rings. The molecule has 0 bridgehead atoms. The van der Waals surface area contributed by atoms with Crippen molar-refractivity contribution in [2.45, 2.75) is 26.0 Å². The highest BCUT2D eigenvalue weighted by molar-refractivity contribution is 5.86. The highest BCUT2D eigenvalue weighted by Crippen LogP contribution is 2.22. The first-order chi connectivity index (χ1) is 9.52. The monoisotopic (exact) mass is 290 g/mol. The van der Waals surface area contributed by atoms with Gasteiger partial charge in [0.15, 0.2) is 5.69 Å². The first-order valence-corrected chi connectivity index (χ1v) is 6.31. The number of morpholine rings is 1. The number of ether oxygens (including phenoxy) is 1. The van der Waals surface area contributed by atoms with Gasteiger partial charge in [-0.05, 0) is 6.54 Å². The molecule has 1 saturated heterocycles. The number of aromatic carboxylic acids is 1. The summed E-state index contributed by atoms with van der Waals surface area (Å²) < 4.78 is 32.4. The van der Waals surface area contributed by atoms with Crippen LogP contribution in [0.3, 0.4) is 0 Å². The molecule has 1 atom stereocenters. The van der Waals surface area contributed by atoms with Crippen molar-refractivity contribution in [3.05, 3.63) is 11.4 Å². The summed E-state index contributed by atoms with van der Waals surface area (Å²) in [6, 6.07) is 0.